The topological polar surface area (TPSA) is 114 Å². The molecule has 1 unspecified atom stereocenters. The van der Waals surface area contributed by atoms with Crippen molar-refractivity contribution in [2.24, 2.45) is 12.0 Å². The molecule has 3 amide bonds. The van der Waals surface area contributed by atoms with Gasteiger partial charge in [0.05, 0.1) is 5.71 Å². The molecule has 0 saturated carbocycles. The number of carbonyl (C=O) groups is 2. The van der Waals surface area contributed by atoms with Gasteiger partial charge in [0.2, 0.25) is 5.91 Å². The minimum Gasteiger partial charge on any atom is -0.336 e. The standard InChI is InChI=1S/C15H19N5O4S2/c1-9(2)13-18-11(8-19(13)3)26(23,24)16-5-6-20-14(21)12-10(4-7-25-12)17-15(20)22/h4,7-9,12,16H,5-6H2,1-3H3. The molecule has 3 rings (SSSR count). The Morgan fingerprint density at radius 3 is 2.73 bits per heavy atom. The lowest BCUT2D eigenvalue weighted by Crippen LogP contribution is -2.49. The Kier molecular flexibility index (Phi) is 5.04. The molecule has 0 aliphatic carbocycles. The molecule has 0 aromatic carbocycles. The Morgan fingerprint density at radius 2 is 2.08 bits per heavy atom. The van der Waals surface area contributed by atoms with Gasteiger partial charge < -0.3 is 4.57 Å². The zero-order valence-electron chi connectivity index (χ0n) is 14.5. The number of rotatable bonds is 6. The third-order valence-corrected chi connectivity index (χ3v) is 6.32. The number of aromatic nitrogens is 2. The van der Waals surface area contributed by atoms with Crippen molar-refractivity contribution in [3.8, 4) is 0 Å². The van der Waals surface area contributed by atoms with E-state index in [-0.39, 0.29) is 29.9 Å². The van der Waals surface area contributed by atoms with Crippen LogP contribution >= 0.6 is 11.8 Å². The van der Waals surface area contributed by atoms with Crippen LogP contribution in [0.2, 0.25) is 0 Å². The van der Waals surface area contributed by atoms with Crippen LogP contribution in [0.15, 0.2) is 27.7 Å². The number of urea groups is 1. The largest absolute Gasteiger partial charge is 0.350 e. The molecule has 2 aliphatic rings. The fourth-order valence-corrected chi connectivity index (χ4v) is 4.63. The van der Waals surface area contributed by atoms with Crippen molar-refractivity contribution >= 4 is 39.4 Å². The van der Waals surface area contributed by atoms with Crippen molar-refractivity contribution in [3.63, 3.8) is 0 Å². The van der Waals surface area contributed by atoms with Gasteiger partial charge in [-0.1, -0.05) is 13.8 Å². The number of aliphatic imine (C=N–C) groups is 1. The van der Waals surface area contributed by atoms with Crippen molar-refractivity contribution in [2.75, 3.05) is 13.1 Å². The first kappa shape index (κ1) is 18.8. The summed E-state index contributed by atoms with van der Waals surface area (Å²) >= 11 is 1.28. The lowest BCUT2D eigenvalue weighted by Gasteiger charge is -2.25. The summed E-state index contributed by atoms with van der Waals surface area (Å²) in [6, 6.07) is -0.674. The SMILES string of the molecule is CC(C)c1nc(S(=O)(=O)NCCN2C(=O)N=C3C=CSC3C2=O)cn1C. The van der Waals surface area contributed by atoms with E-state index < -0.39 is 21.3 Å². The molecule has 3 heterocycles. The van der Waals surface area contributed by atoms with Crippen molar-refractivity contribution in [3.05, 3.63) is 23.5 Å². The highest BCUT2D eigenvalue weighted by molar-refractivity contribution is 8.04. The van der Waals surface area contributed by atoms with Gasteiger partial charge in [0.15, 0.2) is 5.03 Å². The molecule has 0 radical (unpaired) electrons. The number of nitrogens with one attached hydrogen (secondary N) is 1. The predicted molar refractivity (Wildman–Crippen MR) is 97.5 cm³/mol. The van der Waals surface area contributed by atoms with Gasteiger partial charge in [-0.2, -0.15) is 4.99 Å². The molecule has 1 N–H and O–H groups in total. The number of hydrogen-bond donors (Lipinski definition) is 1. The van der Waals surface area contributed by atoms with Gasteiger partial charge in [0.1, 0.15) is 11.1 Å². The molecule has 1 aromatic heterocycles. The van der Waals surface area contributed by atoms with E-state index in [2.05, 4.69) is 14.7 Å². The maximum atomic E-state index is 12.4. The van der Waals surface area contributed by atoms with Crippen LogP contribution < -0.4 is 4.72 Å². The summed E-state index contributed by atoms with van der Waals surface area (Å²) in [7, 11) is -2.10. The number of hydrogen-bond acceptors (Lipinski definition) is 6. The number of amides is 3. The molecule has 1 aromatic rings. The van der Waals surface area contributed by atoms with Gasteiger partial charge in [0.25, 0.3) is 10.0 Å². The molecule has 0 fully saturated rings. The lowest BCUT2D eigenvalue weighted by atomic mass is 10.2. The van der Waals surface area contributed by atoms with Gasteiger partial charge in [0, 0.05) is 32.3 Å². The van der Waals surface area contributed by atoms with Crippen molar-refractivity contribution in [1.29, 1.82) is 0 Å². The molecular weight excluding hydrogens is 378 g/mol. The summed E-state index contributed by atoms with van der Waals surface area (Å²) in [6.45, 7) is 3.65. The predicted octanol–water partition coefficient (Wildman–Crippen LogP) is 0.854. The van der Waals surface area contributed by atoms with Crippen molar-refractivity contribution < 1.29 is 18.0 Å². The molecule has 26 heavy (non-hydrogen) atoms. The molecule has 140 valence electrons. The second-order valence-electron chi connectivity index (χ2n) is 6.23. The number of imidazole rings is 1. The molecule has 0 saturated heterocycles. The number of aryl methyl sites for hydroxylation is 1. The third kappa shape index (κ3) is 3.46. The van der Waals surface area contributed by atoms with Gasteiger partial charge in [-0.15, -0.1) is 11.8 Å². The van der Waals surface area contributed by atoms with E-state index >= 15 is 0 Å². The minimum absolute atomic E-state index is 0.0807. The van der Waals surface area contributed by atoms with Gasteiger partial charge >= 0.3 is 6.03 Å². The summed E-state index contributed by atoms with van der Waals surface area (Å²) < 4.78 is 28.8. The van der Waals surface area contributed by atoms with Crippen LogP contribution in [0.25, 0.3) is 0 Å². The number of imide groups is 1. The fraction of sp³-hybridized carbons (Fsp3) is 0.467. The minimum atomic E-state index is -3.83. The highest BCUT2D eigenvalue weighted by atomic mass is 32.2. The number of allylic oxidation sites excluding steroid dienone is 1. The third-order valence-electron chi connectivity index (χ3n) is 3.98. The summed E-state index contributed by atoms with van der Waals surface area (Å²) in [6.07, 6.45) is 3.07. The lowest BCUT2D eigenvalue weighted by molar-refractivity contribution is -0.126. The van der Waals surface area contributed by atoms with E-state index in [0.29, 0.717) is 11.5 Å². The summed E-state index contributed by atoms with van der Waals surface area (Å²) in [5.41, 5.74) is 0.441. The van der Waals surface area contributed by atoms with E-state index in [1.54, 1.807) is 23.1 Å². The van der Waals surface area contributed by atoms with Gasteiger partial charge in [-0.05, 0) is 11.5 Å². The number of carbonyl (C=O) groups excluding carboxylic acids is 2. The summed E-state index contributed by atoms with van der Waals surface area (Å²) in [4.78, 5) is 33.3. The molecule has 0 bridgehead atoms. The molecule has 9 nitrogen and oxygen atoms in total. The average molecular weight is 397 g/mol. The van der Waals surface area contributed by atoms with Crippen LogP contribution in [0.5, 0.6) is 0 Å². The Balaban J connectivity index is 1.65. The Bertz CT molecular complexity index is 916. The van der Waals surface area contributed by atoms with E-state index in [4.69, 9.17) is 0 Å². The first-order valence-electron chi connectivity index (χ1n) is 7.99. The molecular formula is C15H19N5O4S2. The second kappa shape index (κ2) is 6.97. The fourth-order valence-electron chi connectivity index (χ4n) is 2.72. The normalized spacial score (nSPS) is 20.1. The smallest absolute Gasteiger partial charge is 0.336 e. The Labute approximate surface area is 155 Å². The van der Waals surface area contributed by atoms with E-state index in [1.807, 2.05) is 13.8 Å². The van der Waals surface area contributed by atoms with Crippen LogP contribution in [-0.2, 0) is 21.9 Å². The van der Waals surface area contributed by atoms with Gasteiger partial charge in [-0.3, -0.25) is 9.69 Å². The average Bonchev–Trinajstić information content (AvgIpc) is 3.17. The maximum absolute atomic E-state index is 12.4. The van der Waals surface area contributed by atoms with E-state index in [9.17, 15) is 18.0 Å². The summed E-state index contributed by atoms with van der Waals surface area (Å²) in [5, 5.41) is 1.11. The Hall–Kier alpha value is -1.98. The summed E-state index contributed by atoms with van der Waals surface area (Å²) in [5.74, 6) is 0.352. The second-order valence-corrected chi connectivity index (χ2v) is 8.96. The monoisotopic (exact) mass is 397 g/mol. The highest BCUT2D eigenvalue weighted by Gasteiger charge is 2.38. The Morgan fingerprint density at radius 1 is 1.35 bits per heavy atom. The first-order valence-corrected chi connectivity index (χ1v) is 10.4. The first-order chi connectivity index (χ1) is 12.2. The van der Waals surface area contributed by atoms with Crippen LogP contribution in [0.1, 0.15) is 25.6 Å². The van der Waals surface area contributed by atoms with Crippen LogP contribution in [0.4, 0.5) is 4.79 Å². The maximum Gasteiger partial charge on any atom is 0.350 e. The number of nitrogens with zero attached hydrogens (tertiary/aromatic N) is 4. The van der Waals surface area contributed by atoms with Gasteiger partial charge in [-0.25, -0.2) is 22.9 Å². The number of sulfonamides is 1. The van der Waals surface area contributed by atoms with Crippen molar-refractivity contribution in [1.82, 2.24) is 19.2 Å². The zero-order chi connectivity index (χ0) is 19.1. The zero-order valence-corrected chi connectivity index (χ0v) is 16.2. The number of fused-ring (bicyclic) bond motifs is 1. The quantitative estimate of drug-likeness (QED) is 0.761. The van der Waals surface area contributed by atoms with Crippen molar-refractivity contribution in [2.45, 2.75) is 30.0 Å². The highest BCUT2D eigenvalue weighted by Crippen LogP contribution is 2.27. The molecule has 2 aliphatic heterocycles. The number of thioether (sulfide) groups is 1. The van der Waals surface area contributed by atoms with Crippen LogP contribution in [0.3, 0.4) is 0 Å². The molecule has 11 heteroatoms. The van der Waals surface area contributed by atoms with E-state index in [1.165, 1.54) is 18.0 Å². The van der Waals surface area contributed by atoms with Crippen LogP contribution in [-0.4, -0.2) is 58.9 Å². The van der Waals surface area contributed by atoms with Crippen LogP contribution in [0, 0.1) is 0 Å². The van der Waals surface area contributed by atoms with E-state index in [0.717, 1.165) is 4.90 Å². The molecule has 1 atom stereocenters. The molecule has 0 spiro atoms.